The zero-order chi connectivity index (χ0) is 30.1. The summed E-state index contributed by atoms with van der Waals surface area (Å²) in [5.74, 6) is 0.438. The van der Waals surface area contributed by atoms with E-state index in [2.05, 4.69) is 46.0 Å². The molecule has 41 heavy (non-hydrogen) atoms. The zero-order valence-corrected chi connectivity index (χ0v) is 24.1. The van der Waals surface area contributed by atoms with Crippen LogP contribution < -0.4 is 9.64 Å². The summed E-state index contributed by atoms with van der Waals surface area (Å²) in [5.41, 5.74) is 4.80. The lowest BCUT2D eigenvalue weighted by Crippen LogP contribution is -2.32. The molecule has 1 N–H and O–H groups in total. The van der Waals surface area contributed by atoms with E-state index in [1.807, 2.05) is 13.8 Å². The number of aromatic nitrogens is 2. The van der Waals surface area contributed by atoms with Crippen molar-refractivity contribution in [2.24, 2.45) is 0 Å². The molecule has 1 unspecified atom stereocenters. The molecular formula is C30H28F3N3O4Si. The Hall–Kier alpha value is -4.43. The van der Waals surface area contributed by atoms with Crippen molar-refractivity contribution in [2.75, 3.05) is 4.90 Å². The number of carbonyl (C=O) groups is 2. The smallest absolute Gasteiger partial charge is 0.503 e. The van der Waals surface area contributed by atoms with Crippen molar-refractivity contribution in [1.82, 2.24) is 10.2 Å². The van der Waals surface area contributed by atoms with Crippen molar-refractivity contribution in [3.05, 3.63) is 94.4 Å². The molecular weight excluding hydrogens is 551 g/mol. The number of nitrogens with zero attached hydrogens (tertiary/aromatic N) is 3. The van der Waals surface area contributed by atoms with Gasteiger partial charge in [-0.1, -0.05) is 75.8 Å². The van der Waals surface area contributed by atoms with Gasteiger partial charge in [-0.25, -0.2) is 0 Å². The first-order chi connectivity index (χ1) is 19.1. The molecule has 1 aliphatic rings. The minimum atomic E-state index is -4.89. The molecule has 0 aliphatic carbocycles. The maximum Gasteiger partial charge on any atom is 0.573 e. The highest BCUT2D eigenvalue weighted by Gasteiger charge is 2.45. The number of aliphatic hydroxyl groups is 1. The largest absolute Gasteiger partial charge is 0.573 e. The number of Topliss-reactive ketones (excluding diaryl/α,β-unsaturated/α-hetero) is 1. The first kappa shape index (κ1) is 29.5. The summed E-state index contributed by atoms with van der Waals surface area (Å²) in [6.07, 6.45) is -4.89. The number of amides is 1. The number of aliphatic hydroxyl groups excluding tert-OH is 1. The van der Waals surface area contributed by atoms with E-state index in [0.29, 0.717) is 5.69 Å². The maximum absolute atomic E-state index is 13.7. The van der Waals surface area contributed by atoms with Crippen LogP contribution in [0.3, 0.4) is 0 Å². The molecule has 212 valence electrons. The Balaban J connectivity index is 1.78. The fraction of sp³-hybridized carbons (Fsp3) is 0.267. The third-order valence-electron chi connectivity index (χ3n) is 6.18. The Labute approximate surface area is 236 Å². The first-order valence-corrected chi connectivity index (χ1v) is 16.3. The molecule has 11 heteroatoms. The van der Waals surface area contributed by atoms with Gasteiger partial charge in [0, 0.05) is 5.56 Å². The predicted octanol–water partition coefficient (Wildman–Crippen LogP) is 6.51. The van der Waals surface area contributed by atoms with Gasteiger partial charge in [0.05, 0.1) is 11.6 Å². The minimum Gasteiger partial charge on any atom is -0.503 e. The lowest BCUT2D eigenvalue weighted by atomic mass is 9.91. The van der Waals surface area contributed by atoms with Crippen LogP contribution in [0.5, 0.6) is 5.75 Å². The average Bonchev–Trinajstić information content (AvgIpc) is 3.16. The second-order valence-corrected chi connectivity index (χ2v) is 15.6. The summed E-state index contributed by atoms with van der Waals surface area (Å²) in [4.78, 5) is 28.2. The summed E-state index contributed by atoms with van der Waals surface area (Å²) in [6, 6.07) is 13.4. The first-order valence-electron chi connectivity index (χ1n) is 12.8. The van der Waals surface area contributed by atoms with E-state index in [4.69, 9.17) is 0 Å². The molecule has 0 saturated carbocycles. The highest BCUT2D eigenvalue weighted by molar-refractivity contribution is 6.83. The predicted molar refractivity (Wildman–Crippen MR) is 150 cm³/mol. The van der Waals surface area contributed by atoms with Crippen LogP contribution in [-0.4, -0.2) is 41.4 Å². The van der Waals surface area contributed by atoms with Gasteiger partial charge in [0.25, 0.3) is 5.91 Å². The van der Waals surface area contributed by atoms with Crippen molar-refractivity contribution in [2.45, 2.75) is 51.8 Å². The van der Waals surface area contributed by atoms with E-state index >= 15 is 0 Å². The highest BCUT2D eigenvalue weighted by atomic mass is 28.3. The number of hydrogen-bond donors (Lipinski definition) is 1. The molecule has 1 amide bonds. The SMILES string of the molecule is CC(C)c1ccc(C(=O)C2=C(O)C(=O)N(c3ccc(C#C[Si](C)(C)C)nn3)C2c2ccc(OC(F)(F)F)cc2)cc1. The van der Waals surface area contributed by atoms with E-state index in [9.17, 15) is 27.9 Å². The molecule has 3 aromatic rings. The summed E-state index contributed by atoms with van der Waals surface area (Å²) in [5, 5.41) is 19.2. The number of halogens is 3. The second-order valence-electron chi connectivity index (χ2n) is 10.8. The van der Waals surface area contributed by atoms with Crippen LogP contribution in [0.15, 0.2) is 72.0 Å². The molecule has 2 aromatic carbocycles. The van der Waals surface area contributed by atoms with Crippen LogP contribution in [0.4, 0.5) is 19.0 Å². The maximum atomic E-state index is 13.7. The quantitative estimate of drug-likeness (QED) is 0.203. The van der Waals surface area contributed by atoms with Gasteiger partial charge in [0.1, 0.15) is 19.5 Å². The number of anilines is 1. The Morgan fingerprint density at radius 1 is 1.00 bits per heavy atom. The molecule has 1 atom stereocenters. The second kappa shape index (κ2) is 11.2. The van der Waals surface area contributed by atoms with Crippen LogP contribution >= 0.6 is 0 Å². The summed E-state index contributed by atoms with van der Waals surface area (Å²) in [7, 11) is -1.69. The van der Waals surface area contributed by atoms with Crippen LogP contribution in [-0.2, 0) is 4.79 Å². The molecule has 0 spiro atoms. The van der Waals surface area contributed by atoms with Gasteiger partial charge in [0.2, 0.25) is 0 Å². The van der Waals surface area contributed by atoms with E-state index in [1.54, 1.807) is 30.3 Å². The Morgan fingerprint density at radius 3 is 2.15 bits per heavy atom. The number of ketones is 1. The standard InChI is InChI=1S/C30H28F3N3O4Si/c1-18(2)19-6-8-21(9-7-19)27(37)25-26(20-10-13-23(14-11-20)40-30(31,32)33)36(29(39)28(25)38)24-15-12-22(34-35-24)16-17-41(3,4)5/h6-15,18,26,38H,1-5H3. The molecule has 7 nitrogen and oxygen atoms in total. The lowest BCUT2D eigenvalue weighted by Gasteiger charge is -2.25. The molecule has 1 aromatic heterocycles. The molecule has 4 rings (SSSR count). The number of hydrogen-bond acceptors (Lipinski definition) is 6. The monoisotopic (exact) mass is 579 g/mol. The summed E-state index contributed by atoms with van der Waals surface area (Å²) >= 11 is 0. The van der Waals surface area contributed by atoms with Crippen LogP contribution in [0.2, 0.25) is 19.6 Å². The number of alkyl halides is 3. The van der Waals surface area contributed by atoms with Crippen molar-refractivity contribution in [3.8, 4) is 17.2 Å². The van der Waals surface area contributed by atoms with Crippen molar-refractivity contribution >= 4 is 25.6 Å². The van der Waals surface area contributed by atoms with Gasteiger partial charge in [-0.3, -0.25) is 14.5 Å². The van der Waals surface area contributed by atoms with Gasteiger partial charge in [-0.05, 0) is 41.3 Å². The van der Waals surface area contributed by atoms with Gasteiger partial charge in [-0.15, -0.1) is 28.9 Å². The fourth-order valence-electron chi connectivity index (χ4n) is 4.19. The van der Waals surface area contributed by atoms with Gasteiger partial charge in [0.15, 0.2) is 17.4 Å². The Morgan fingerprint density at radius 2 is 1.63 bits per heavy atom. The van der Waals surface area contributed by atoms with Gasteiger partial charge < -0.3 is 9.84 Å². The highest BCUT2D eigenvalue weighted by Crippen LogP contribution is 2.42. The van der Waals surface area contributed by atoms with Crippen LogP contribution in [0, 0.1) is 11.5 Å². The van der Waals surface area contributed by atoms with Crippen LogP contribution in [0.25, 0.3) is 0 Å². The summed E-state index contributed by atoms with van der Waals surface area (Å²) in [6.45, 7) is 10.2. The molecule has 2 heterocycles. The van der Waals surface area contributed by atoms with E-state index < -0.39 is 43.7 Å². The number of carbonyl (C=O) groups excluding carboxylic acids is 2. The number of ether oxygens (including phenoxy) is 1. The third kappa shape index (κ3) is 6.84. The van der Waals surface area contributed by atoms with Crippen LogP contribution in [0.1, 0.15) is 53.0 Å². The van der Waals surface area contributed by atoms with Crippen molar-refractivity contribution in [3.63, 3.8) is 0 Å². The Kier molecular flexibility index (Phi) is 8.08. The molecule has 0 radical (unpaired) electrons. The van der Waals surface area contributed by atoms with E-state index in [1.165, 1.54) is 18.2 Å². The van der Waals surface area contributed by atoms with Gasteiger partial charge >= 0.3 is 6.36 Å². The van der Waals surface area contributed by atoms with Crippen molar-refractivity contribution in [1.29, 1.82) is 0 Å². The van der Waals surface area contributed by atoms with E-state index in [-0.39, 0.29) is 28.4 Å². The number of rotatable bonds is 6. The van der Waals surface area contributed by atoms with Gasteiger partial charge in [-0.2, -0.15) is 0 Å². The normalized spacial score (nSPS) is 15.7. The molecule has 1 aliphatic heterocycles. The molecule has 0 fully saturated rings. The summed E-state index contributed by atoms with van der Waals surface area (Å²) < 4.78 is 42.2. The topological polar surface area (TPSA) is 92.6 Å². The molecule has 0 bridgehead atoms. The molecule has 0 saturated heterocycles. The lowest BCUT2D eigenvalue weighted by molar-refractivity contribution is -0.274. The zero-order valence-electron chi connectivity index (χ0n) is 23.1. The Bertz CT molecular complexity index is 1550. The van der Waals surface area contributed by atoms with Crippen molar-refractivity contribution < 1.29 is 32.6 Å². The fourth-order valence-corrected chi connectivity index (χ4v) is 4.69. The minimum absolute atomic E-state index is 0.0266. The average molecular weight is 580 g/mol. The van der Waals surface area contributed by atoms with E-state index in [0.717, 1.165) is 22.6 Å². The third-order valence-corrected chi connectivity index (χ3v) is 7.06. The number of benzene rings is 2.